The molecule has 0 rings (SSSR count). The van der Waals surface area contributed by atoms with Gasteiger partial charge < -0.3 is 15.2 Å². The van der Waals surface area contributed by atoms with Crippen LogP contribution in [0.25, 0.3) is 0 Å². The van der Waals surface area contributed by atoms with E-state index in [0.717, 1.165) is 52.5 Å². The van der Waals surface area contributed by atoms with Gasteiger partial charge in [-0.15, -0.1) is 0 Å². The molecule has 0 aromatic rings. The van der Waals surface area contributed by atoms with Crippen LogP contribution in [0.15, 0.2) is 0 Å². The maximum atomic E-state index is 5.59. The van der Waals surface area contributed by atoms with Crippen molar-refractivity contribution in [1.29, 1.82) is 0 Å². The summed E-state index contributed by atoms with van der Waals surface area (Å²) in [4.78, 5) is 2.39. The summed E-state index contributed by atoms with van der Waals surface area (Å²) in [6, 6.07) is 0.505. The molecular weight excluding hydrogens is 204 g/mol. The fourth-order valence-electron chi connectivity index (χ4n) is 1.63. The van der Waals surface area contributed by atoms with Crippen molar-refractivity contribution in [3.63, 3.8) is 0 Å². The van der Waals surface area contributed by atoms with Crippen LogP contribution in [0, 0.1) is 0 Å². The lowest BCUT2D eigenvalue weighted by Gasteiger charge is -2.28. The van der Waals surface area contributed by atoms with Crippen LogP contribution in [0.1, 0.15) is 27.2 Å². The first-order chi connectivity index (χ1) is 7.76. The van der Waals surface area contributed by atoms with Crippen LogP contribution in [-0.4, -0.2) is 57.0 Å². The second-order valence-corrected chi connectivity index (χ2v) is 3.86. The van der Waals surface area contributed by atoms with Gasteiger partial charge in [0.1, 0.15) is 0 Å². The SMILES string of the molecule is CCOCCN(CCOCC)C(C)CCN. The molecule has 4 nitrogen and oxygen atoms in total. The highest BCUT2D eigenvalue weighted by atomic mass is 16.5. The van der Waals surface area contributed by atoms with Gasteiger partial charge >= 0.3 is 0 Å². The number of hydrogen-bond donors (Lipinski definition) is 1. The van der Waals surface area contributed by atoms with Crippen molar-refractivity contribution >= 4 is 0 Å². The van der Waals surface area contributed by atoms with Crippen molar-refractivity contribution in [2.45, 2.75) is 33.2 Å². The van der Waals surface area contributed by atoms with Gasteiger partial charge in [0, 0.05) is 32.3 Å². The Hall–Kier alpha value is -0.160. The first kappa shape index (κ1) is 15.8. The molecule has 0 saturated heterocycles. The molecule has 0 aromatic carbocycles. The maximum Gasteiger partial charge on any atom is 0.0593 e. The topological polar surface area (TPSA) is 47.7 Å². The summed E-state index contributed by atoms with van der Waals surface area (Å²) in [6.45, 7) is 12.1. The average molecular weight is 232 g/mol. The van der Waals surface area contributed by atoms with E-state index in [1.807, 2.05) is 13.8 Å². The Kier molecular flexibility index (Phi) is 11.2. The molecule has 0 saturated carbocycles. The minimum absolute atomic E-state index is 0.505. The van der Waals surface area contributed by atoms with E-state index in [2.05, 4.69) is 11.8 Å². The quantitative estimate of drug-likeness (QED) is 0.542. The summed E-state index contributed by atoms with van der Waals surface area (Å²) in [6.07, 6.45) is 1.03. The summed E-state index contributed by atoms with van der Waals surface area (Å²) in [5.74, 6) is 0. The smallest absolute Gasteiger partial charge is 0.0593 e. The summed E-state index contributed by atoms with van der Waals surface area (Å²) in [5, 5.41) is 0. The van der Waals surface area contributed by atoms with Gasteiger partial charge in [-0.05, 0) is 33.7 Å². The molecule has 1 unspecified atom stereocenters. The molecule has 0 aliphatic carbocycles. The molecule has 98 valence electrons. The molecule has 4 heteroatoms. The Morgan fingerprint density at radius 1 is 1.06 bits per heavy atom. The molecule has 0 aliphatic heterocycles. The van der Waals surface area contributed by atoms with E-state index in [-0.39, 0.29) is 0 Å². The molecule has 0 amide bonds. The normalized spacial score (nSPS) is 13.3. The molecular formula is C12H28N2O2. The number of nitrogens with two attached hydrogens (primary N) is 1. The van der Waals surface area contributed by atoms with Gasteiger partial charge in [0.25, 0.3) is 0 Å². The molecule has 0 radical (unpaired) electrons. The van der Waals surface area contributed by atoms with Crippen LogP contribution in [-0.2, 0) is 9.47 Å². The van der Waals surface area contributed by atoms with E-state index < -0.39 is 0 Å². The predicted octanol–water partition coefficient (Wildman–Crippen LogP) is 1.10. The molecule has 0 fully saturated rings. The molecule has 2 N–H and O–H groups in total. The fraction of sp³-hybridized carbons (Fsp3) is 1.00. The number of nitrogens with zero attached hydrogens (tertiary/aromatic N) is 1. The number of hydrogen-bond acceptors (Lipinski definition) is 4. The van der Waals surface area contributed by atoms with E-state index in [4.69, 9.17) is 15.2 Å². The number of ether oxygens (including phenoxy) is 2. The van der Waals surface area contributed by atoms with Crippen LogP contribution in [0.3, 0.4) is 0 Å². The van der Waals surface area contributed by atoms with Crippen LogP contribution in [0.4, 0.5) is 0 Å². The van der Waals surface area contributed by atoms with Crippen molar-refractivity contribution in [2.75, 3.05) is 46.1 Å². The zero-order valence-electron chi connectivity index (χ0n) is 11.1. The second kappa shape index (κ2) is 11.3. The second-order valence-electron chi connectivity index (χ2n) is 3.86. The first-order valence-electron chi connectivity index (χ1n) is 6.35. The van der Waals surface area contributed by atoms with E-state index in [1.165, 1.54) is 0 Å². The van der Waals surface area contributed by atoms with Crippen LogP contribution in [0.2, 0.25) is 0 Å². The monoisotopic (exact) mass is 232 g/mol. The lowest BCUT2D eigenvalue weighted by atomic mass is 10.2. The standard InChI is InChI=1S/C12H28N2O2/c1-4-15-10-8-14(9-11-16-5-2)12(3)6-7-13/h12H,4-11,13H2,1-3H3. The fourth-order valence-corrected chi connectivity index (χ4v) is 1.63. The summed E-state index contributed by atoms with van der Waals surface area (Å²) in [7, 11) is 0. The Morgan fingerprint density at radius 2 is 1.56 bits per heavy atom. The largest absolute Gasteiger partial charge is 0.380 e. The molecule has 0 spiro atoms. The Labute approximate surface area is 100 Å². The third kappa shape index (κ3) is 8.05. The molecule has 1 atom stereocenters. The Balaban J connectivity index is 3.84. The summed E-state index contributed by atoms with van der Waals surface area (Å²) >= 11 is 0. The molecule has 0 heterocycles. The van der Waals surface area contributed by atoms with Crippen molar-refractivity contribution in [1.82, 2.24) is 4.90 Å². The highest BCUT2D eigenvalue weighted by Crippen LogP contribution is 2.02. The Bertz CT molecular complexity index is 135. The highest BCUT2D eigenvalue weighted by Gasteiger charge is 2.12. The maximum absolute atomic E-state index is 5.59. The zero-order chi connectivity index (χ0) is 12.2. The third-order valence-electron chi connectivity index (χ3n) is 2.66. The van der Waals surface area contributed by atoms with E-state index in [9.17, 15) is 0 Å². The van der Waals surface area contributed by atoms with Gasteiger partial charge in [-0.3, -0.25) is 4.90 Å². The van der Waals surface area contributed by atoms with Crippen molar-refractivity contribution < 1.29 is 9.47 Å². The van der Waals surface area contributed by atoms with Crippen molar-refractivity contribution in [3.05, 3.63) is 0 Å². The molecule has 16 heavy (non-hydrogen) atoms. The molecule has 0 aromatic heterocycles. The van der Waals surface area contributed by atoms with Gasteiger partial charge in [0.05, 0.1) is 13.2 Å². The lowest BCUT2D eigenvalue weighted by molar-refractivity contribution is 0.0649. The minimum atomic E-state index is 0.505. The zero-order valence-corrected chi connectivity index (χ0v) is 11.1. The lowest BCUT2D eigenvalue weighted by Crippen LogP contribution is -2.39. The van der Waals surface area contributed by atoms with E-state index in [0.29, 0.717) is 6.04 Å². The summed E-state index contributed by atoms with van der Waals surface area (Å²) in [5.41, 5.74) is 5.59. The van der Waals surface area contributed by atoms with Gasteiger partial charge in [0.15, 0.2) is 0 Å². The van der Waals surface area contributed by atoms with Crippen LogP contribution >= 0.6 is 0 Å². The predicted molar refractivity (Wildman–Crippen MR) is 67.7 cm³/mol. The first-order valence-corrected chi connectivity index (χ1v) is 6.35. The van der Waals surface area contributed by atoms with Gasteiger partial charge in [-0.25, -0.2) is 0 Å². The van der Waals surface area contributed by atoms with E-state index in [1.54, 1.807) is 0 Å². The van der Waals surface area contributed by atoms with Gasteiger partial charge in [-0.2, -0.15) is 0 Å². The summed E-state index contributed by atoms with van der Waals surface area (Å²) < 4.78 is 10.8. The minimum Gasteiger partial charge on any atom is -0.380 e. The third-order valence-corrected chi connectivity index (χ3v) is 2.66. The molecule has 0 aliphatic rings. The van der Waals surface area contributed by atoms with Gasteiger partial charge in [0.2, 0.25) is 0 Å². The van der Waals surface area contributed by atoms with Crippen LogP contribution < -0.4 is 5.73 Å². The van der Waals surface area contributed by atoms with Crippen molar-refractivity contribution in [2.24, 2.45) is 5.73 Å². The van der Waals surface area contributed by atoms with Crippen molar-refractivity contribution in [3.8, 4) is 0 Å². The highest BCUT2D eigenvalue weighted by molar-refractivity contribution is 4.67. The van der Waals surface area contributed by atoms with E-state index >= 15 is 0 Å². The average Bonchev–Trinajstić information content (AvgIpc) is 2.28. The Morgan fingerprint density at radius 3 is 1.94 bits per heavy atom. The molecule has 0 bridgehead atoms. The van der Waals surface area contributed by atoms with Gasteiger partial charge in [-0.1, -0.05) is 0 Å². The number of rotatable bonds is 11. The van der Waals surface area contributed by atoms with Crippen LogP contribution in [0.5, 0.6) is 0 Å².